The number of hydrogen-bond acceptors (Lipinski definition) is 0. The van der Waals surface area contributed by atoms with Gasteiger partial charge in [-0.1, -0.05) is 44.2 Å². The van der Waals surface area contributed by atoms with E-state index in [9.17, 15) is 0 Å². The fourth-order valence-electron chi connectivity index (χ4n) is 0.812. The van der Waals surface area contributed by atoms with E-state index >= 15 is 0 Å². The summed E-state index contributed by atoms with van der Waals surface area (Å²) in [5.74, 6) is 0. The van der Waals surface area contributed by atoms with Crippen molar-refractivity contribution in [2.45, 2.75) is 19.9 Å². The largest absolute Gasteiger partial charge is 1.00 e. The van der Waals surface area contributed by atoms with E-state index in [2.05, 4.69) is 19.2 Å². The van der Waals surface area contributed by atoms with E-state index in [-0.39, 0.29) is 51.4 Å². The Bertz CT molecular complexity index is 184. The summed E-state index contributed by atoms with van der Waals surface area (Å²) in [6.07, 6.45) is 0. The maximum atomic E-state index is 4.36. The van der Waals surface area contributed by atoms with E-state index in [0.29, 0.717) is 6.04 Å². The number of rotatable bonds is 2. The van der Waals surface area contributed by atoms with Crippen molar-refractivity contribution in [1.29, 1.82) is 0 Å². The minimum Gasteiger partial charge on any atom is -0.682 e. The van der Waals surface area contributed by atoms with Gasteiger partial charge in [-0.15, -0.1) is 11.7 Å². The number of nitrogens with zero attached hydrogens (tertiary/aromatic N) is 1. The van der Waals surface area contributed by atoms with Gasteiger partial charge in [0.25, 0.3) is 0 Å². The monoisotopic (exact) mass is 173 g/mol. The second-order valence-corrected chi connectivity index (χ2v) is 2.56. The van der Waals surface area contributed by atoms with Gasteiger partial charge in [-0.3, -0.25) is 0 Å². The van der Waals surface area contributed by atoms with Crippen LogP contribution in [0.1, 0.15) is 13.8 Å². The van der Waals surface area contributed by atoms with E-state index in [1.807, 2.05) is 30.3 Å². The maximum absolute atomic E-state index is 4.36. The minimum absolute atomic E-state index is 0. The molecule has 0 radical (unpaired) electrons. The normalized spacial score (nSPS) is 9.00. The SMILES string of the molecule is CC(C)[N-]c1ccccc1.[K+]. The summed E-state index contributed by atoms with van der Waals surface area (Å²) in [5.41, 5.74) is 1.07. The fourth-order valence-corrected chi connectivity index (χ4v) is 0.812. The summed E-state index contributed by atoms with van der Waals surface area (Å²) in [6, 6.07) is 10.4. The molecule has 0 bridgehead atoms. The molecule has 0 saturated carbocycles. The van der Waals surface area contributed by atoms with Gasteiger partial charge in [0.1, 0.15) is 0 Å². The first kappa shape index (κ1) is 11.7. The molecule has 0 aromatic heterocycles. The zero-order chi connectivity index (χ0) is 7.40. The Hall–Kier alpha value is 0.656. The van der Waals surface area contributed by atoms with Crippen LogP contribution in [0.25, 0.3) is 5.32 Å². The zero-order valence-corrected chi connectivity index (χ0v) is 10.5. The van der Waals surface area contributed by atoms with E-state index in [0.717, 1.165) is 5.69 Å². The first-order valence-electron chi connectivity index (χ1n) is 3.55. The Labute approximate surface area is 111 Å². The molecule has 1 rings (SSSR count). The van der Waals surface area contributed by atoms with Gasteiger partial charge in [0.2, 0.25) is 0 Å². The molecule has 0 fully saturated rings. The second kappa shape index (κ2) is 6.20. The van der Waals surface area contributed by atoms with Gasteiger partial charge < -0.3 is 5.32 Å². The third-order valence-electron chi connectivity index (χ3n) is 1.16. The minimum atomic E-state index is 0. The molecule has 11 heavy (non-hydrogen) atoms. The van der Waals surface area contributed by atoms with Crippen molar-refractivity contribution in [3.63, 3.8) is 0 Å². The molecule has 0 atom stereocenters. The van der Waals surface area contributed by atoms with E-state index < -0.39 is 0 Å². The second-order valence-electron chi connectivity index (χ2n) is 2.56. The Morgan fingerprint density at radius 3 is 2.09 bits per heavy atom. The quantitative estimate of drug-likeness (QED) is 0.563. The Morgan fingerprint density at radius 2 is 1.64 bits per heavy atom. The smallest absolute Gasteiger partial charge is 0.682 e. The topological polar surface area (TPSA) is 14.1 Å². The van der Waals surface area contributed by atoms with Crippen LogP contribution < -0.4 is 51.4 Å². The number of para-hydroxylation sites is 1. The molecule has 0 amide bonds. The van der Waals surface area contributed by atoms with Crippen LogP contribution in [0.3, 0.4) is 0 Å². The first-order valence-corrected chi connectivity index (χ1v) is 3.55. The molecule has 0 saturated heterocycles. The van der Waals surface area contributed by atoms with Gasteiger partial charge in [-0.2, -0.15) is 0 Å². The van der Waals surface area contributed by atoms with Crippen molar-refractivity contribution in [3.05, 3.63) is 35.6 Å². The number of hydrogen-bond donors (Lipinski definition) is 0. The van der Waals surface area contributed by atoms with Gasteiger partial charge in [0.15, 0.2) is 0 Å². The molecular formula is C9H12KN. The van der Waals surface area contributed by atoms with Crippen LogP contribution in [-0.4, -0.2) is 6.04 Å². The van der Waals surface area contributed by atoms with Crippen molar-refractivity contribution in [2.75, 3.05) is 0 Å². The van der Waals surface area contributed by atoms with Crippen LogP contribution in [-0.2, 0) is 0 Å². The summed E-state index contributed by atoms with van der Waals surface area (Å²) in [6.45, 7) is 4.15. The molecule has 0 aliphatic carbocycles. The molecular weight excluding hydrogens is 161 g/mol. The summed E-state index contributed by atoms with van der Waals surface area (Å²) in [4.78, 5) is 0. The van der Waals surface area contributed by atoms with Crippen molar-refractivity contribution in [2.24, 2.45) is 0 Å². The van der Waals surface area contributed by atoms with Crippen molar-refractivity contribution in [3.8, 4) is 0 Å². The standard InChI is InChI=1S/C9H12N.K/c1-8(2)10-9-6-4-3-5-7-9;/h3-8H,1-2H3;/q-1;+1. The summed E-state index contributed by atoms with van der Waals surface area (Å²) < 4.78 is 0. The summed E-state index contributed by atoms with van der Waals surface area (Å²) >= 11 is 0. The van der Waals surface area contributed by atoms with Gasteiger partial charge in [-0.05, 0) is 0 Å². The van der Waals surface area contributed by atoms with Gasteiger partial charge in [0, 0.05) is 0 Å². The van der Waals surface area contributed by atoms with E-state index in [1.165, 1.54) is 0 Å². The van der Waals surface area contributed by atoms with E-state index in [1.54, 1.807) is 0 Å². The van der Waals surface area contributed by atoms with E-state index in [4.69, 9.17) is 0 Å². The predicted molar refractivity (Wildman–Crippen MR) is 44.6 cm³/mol. The van der Waals surface area contributed by atoms with Gasteiger partial charge in [0.05, 0.1) is 0 Å². The molecule has 0 heterocycles. The molecule has 0 unspecified atom stereocenters. The third-order valence-corrected chi connectivity index (χ3v) is 1.16. The first-order chi connectivity index (χ1) is 4.79. The molecule has 0 aliphatic rings. The molecule has 54 valence electrons. The fraction of sp³-hybridized carbons (Fsp3) is 0.333. The zero-order valence-electron chi connectivity index (χ0n) is 7.41. The van der Waals surface area contributed by atoms with Crippen LogP contribution in [0, 0.1) is 0 Å². The summed E-state index contributed by atoms with van der Waals surface area (Å²) in [5, 5.41) is 4.36. The van der Waals surface area contributed by atoms with Crippen LogP contribution in [0.5, 0.6) is 0 Å². The van der Waals surface area contributed by atoms with Crippen molar-refractivity contribution in [1.82, 2.24) is 0 Å². The molecule has 0 aliphatic heterocycles. The molecule has 0 spiro atoms. The van der Waals surface area contributed by atoms with Gasteiger partial charge >= 0.3 is 51.4 Å². The third kappa shape index (κ3) is 4.98. The van der Waals surface area contributed by atoms with Crippen molar-refractivity contribution >= 4 is 5.69 Å². The molecule has 1 aromatic carbocycles. The summed E-state index contributed by atoms with van der Waals surface area (Å²) in [7, 11) is 0. The molecule has 2 heteroatoms. The van der Waals surface area contributed by atoms with Crippen LogP contribution >= 0.6 is 0 Å². The van der Waals surface area contributed by atoms with Crippen molar-refractivity contribution < 1.29 is 51.4 Å². The van der Waals surface area contributed by atoms with Crippen LogP contribution in [0.4, 0.5) is 5.69 Å². The van der Waals surface area contributed by atoms with Crippen LogP contribution in [0.2, 0.25) is 0 Å². The molecule has 1 aromatic rings. The Kier molecular flexibility index (Phi) is 6.57. The Morgan fingerprint density at radius 1 is 1.09 bits per heavy atom. The molecule has 0 N–H and O–H groups in total. The number of benzene rings is 1. The van der Waals surface area contributed by atoms with Gasteiger partial charge in [-0.25, -0.2) is 0 Å². The maximum Gasteiger partial charge on any atom is 1.00 e. The Balaban J connectivity index is 0.000001000. The average molecular weight is 173 g/mol. The van der Waals surface area contributed by atoms with Crippen LogP contribution in [0.15, 0.2) is 30.3 Å². The average Bonchev–Trinajstić information content (AvgIpc) is 1.88. The molecule has 1 nitrogen and oxygen atoms in total. The predicted octanol–water partition coefficient (Wildman–Crippen LogP) is 0.104.